The first-order valence-electron chi connectivity index (χ1n) is 7.29. The van der Waals surface area contributed by atoms with Gasteiger partial charge in [0.1, 0.15) is 0 Å². The molecule has 112 valence electrons. The van der Waals surface area contributed by atoms with Gasteiger partial charge >= 0.3 is 0 Å². The van der Waals surface area contributed by atoms with Crippen LogP contribution >= 0.6 is 11.6 Å². The summed E-state index contributed by atoms with van der Waals surface area (Å²) in [5.41, 5.74) is 0.150. The molecule has 0 amide bonds. The number of carbonyl (C=O) groups is 1. The Labute approximate surface area is 127 Å². The molecular formula is C17H25ClO2. The van der Waals surface area contributed by atoms with Crippen molar-refractivity contribution in [3.05, 3.63) is 34.9 Å². The molecule has 1 N–H and O–H groups in total. The monoisotopic (exact) mass is 296 g/mol. The highest BCUT2D eigenvalue weighted by molar-refractivity contribution is 6.30. The Morgan fingerprint density at radius 3 is 2.40 bits per heavy atom. The maximum absolute atomic E-state index is 12.0. The van der Waals surface area contributed by atoms with Crippen LogP contribution in [0.2, 0.25) is 5.02 Å². The highest BCUT2D eigenvalue weighted by Gasteiger charge is 2.13. The number of rotatable bonds is 8. The molecule has 0 bridgehead atoms. The van der Waals surface area contributed by atoms with Crippen molar-refractivity contribution in [3.63, 3.8) is 0 Å². The number of carbonyl (C=O) groups excluding carboxylic acids is 1. The highest BCUT2D eigenvalue weighted by Crippen LogP contribution is 2.20. The molecule has 0 aliphatic carbocycles. The van der Waals surface area contributed by atoms with Gasteiger partial charge in [-0.15, -0.1) is 0 Å². The average molecular weight is 297 g/mol. The van der Waals surface area contributed by atoms with E-state index in [1.165, 1.54) is 0 Å². The smallest absolute Gasteiger partial charge is 0.162 e. The maximum Gasteiger partial charge on any atom is 0.162 e. The molecule has 0 radical (unpaired) electrons. The second kappa shape index (κ2) is 7.80. The number of Topliss-reactive ketones (excluding diaryl/α,β-unsaturated/α-hetero) is 1. The molecule has 0 spiro atoms. The minimum absolute atomic E-state index is 0.177. The van der Waals surface area contributed by atoms with Crippen LogP contribution in [0.5, 0.6) is 0 Å². The number of aliphatic hydroxyl groups is 1. The van der Waals surface area contributed by atoms with Gasteiger partial charge in [0.2, 0.25) is 0 Å². The van der Waals surface area contributed by atoms with Crippen LogP contribution in [-0.4, -0.2) is 16.5 Å². The molecule has 1 aromatic carbocycles. The van der Waals surface area contributed by atoms with E-state index in [0.717, 1.165) is 31.2 Å². The van der Waals surface area contributed by atoms with Crippen molar-refractivity contribution in [2.45, 2.75) is 58.5 Å². The molecular weight excluding hydrogens is 272 g/mol. The van der Waals surface area contributed by atoms with E-state index in [-0.39, 0.29) is 5.78 Å². The second-order valence-electron chi connectivity index (χ2n) is 6.28. The quantitative estimate of drug-likeness (QED) is 0.694. The molecule has 0 heterocycles. The van der Waals surface area contributed by atoms with E-state index in [2.05, 4.69) is 6.92 Å². The zero-order chi connectivity index (χ0) is 15.2. The SMILES string of the molecule is CC(CCCC(C)(C)O)CCC(=O)c1ccc(Cl)cc1. The zero-order valence-corrected chi connectivity index (χ0v) is 13.4. The Morgan fingerprint density at radius 2 is 1.85 bits per heavy atom. The zero-order valence-electron chi connectivity index (χ0n) is 12.7. The summed E-state index contributed by atoms with van der Waals surface area (Å²) in [6.45, 7) is 5.84. The van der Waals surface area contributed by atoms with Crippen LogP contribution in [-0.2, 0) is 0 Å². The molecule has 1 unspecified atom stereocenters. The van der Waals surface area contributed by atoms with Gasteiger partial charge in [-0.3, -0.25) is 4.79 Å². The first-order chi connectivity index (χ1) is 9.28. The van der Waals surface area contributed by atoms with Gasteiger partial charge in [0, 0.05) is 17.0 Å². The van der Waals surface area contributed by atoms with Crippen molar-refractivity contribution in [3.8, 4) is 0 Å². The molecule has 0 saturated heterocycles. The fourth-order valence-corrected chi connectivity index (χ4v) is 2.31. The first kappa shape index (κ1) is 17.2. The van der Waals surface area contributed by atoms with Crippen LogP contribution < -0.4 is 0 Å². The van der Waals surface area contributed by atoms with Crippen LogP contribution in [0.3, 0.4) is 0 Å². The predicted molar refractivity (Wildman–Crippen MR) is 84.3 cm³/mol. The normalized spacial score (nSPS) is 13.2. The lowest BCUT2D eigenvalue weighted by atomic mass is 9.93. The Bertz CT molecular complexity index is 418. The first-order valence-corrected chi connectivity index (χ1v) is 7.67. The molecule has 0 aliphatic heterocycles. The van der Waals surface area contributed by atoms with E-state index in [4.69, 9.17) is 11.6 Å². The van der Waals surface area contributed by atoms with Crippen molar-refractivity contribution < 1.29 is 9.90 Å². The standard InChI is InChI=1S/C17H25ClO2/c1-13(5-4-12-17(2,3)20)6-11-16(19)14-7-9-15(18)10-8-14/h7-10,13,20H,4-6,11-12H2,1-3H3. The van der Waals surface area contributed by atoms with Gasteiger partial charge in [0.25, 0.3) is 0 Å². The minimum atomic E-state index is -0.584. The Hall–Kier alpha value is -0.860. The highest BCUT2D eigenvalue weighted by atomic mass is 35.5. The van der Waals surface area contributed by atoms with Gasteiger partial charge in [-0.1, -0.05) is 31.4 Å². The molecule has 0 aromatic heterocycles. The van der Waals surface area contributed by atoms with Crippen molar-refractivity contribution in [1.82, 2.24) is 0 Å². The van der Waals surface area contributed by atoms with Crippen molar-refractivity contribution in [1.29, 1.82) is 0 Å². The third-order valence-corrected chi connectivity index (χ3v) is 3.77. The summed E-state index contributed by atoms with van der Waals surface area (Å²) in [5, 5.41) is 10.3. The van der Waals surface area contributed by atoms with Crippen molar-refractivity contribution >= 4 is 17.4 Å². The van der Waals surface area contributed by atoms with Crippen molar-refractivity contribution in [2.75, 3.05) is 0 Å². The second-order valence-corrected chi connectivity index (χ2v) is 6.72. The number of halogens is 1. The van der Waals surface area contributed by atoms with E-state index < -0.39 is 5.60 Å². The van der Waals surface area contributed by atoms with Gasteiger partial charge in [0.15, 0.2) is 5.78 Å². The largest absolute Gasteiger partial charge is 0.390 e. The molecule has 0 aliphatic rings. The van der Waals surface area contributed by atoms with Crippen molar-refractivity contribution in [2.24, 2.45) is 5.92 Å². The summed E-state index contributed by atoms with van der Waals surface area (Å²) < 4.78 is 0. The van der Waals surface area contributed by atoms with Crippen LogP contribution in [0.25, 0.3) is 0 Å². The molecule has 20 heavy (non-hydrogen) atoms. The summed E-state index contributed by atoms with van der Waals surface area (Å²) in [6, 6.07) is 7.07. The Kier molecular flexibility index (Phi) is 6.70. The Morgan fingerprint density at radius 1 is 1.25 bits per heavy atom. The van der Waals surface area contributed by atoms with E-state index in [1.54, 1.807) is 24.3 Å². The molecule has 3 heteroatoms. The molecule has 2 nitrogen and oxygen atoms in total. The van der Waals surface area contributed by atoms with E-state index in [9.17, 15) is 9.90 Å². The predicted octanol–water partition coefficient (Wildman–Crippen LogP) is 4.88. The maximum atomic E-state index is 12.0. The van der Waals surface area contributed by atoms with Crippen LogP contribution in [0.4, 0.5) is 0 Å². The number of ketones is 1. The topological polar surface area (TPSA) is 37.3 Å². The minimum Gasteiger partial charge on any atom is -0.390 e. The number of hydrogen-bond acceptors (Lipinski definition) is 2. The summed E-state index contributed by atoms with van der Waals surface area (Å²) in [7, 11) is 0. The van der Waals surface area contributed by atoms with Crippen LogP contribution in [0, 0.1) is 5.92 Å². The van der Waals surface area contributed by atoms with E-state index in [1.807, 2.05) is 13.8 Å². The van der Waals surface area contributed by atoms with Crippen LogP contribution in [0.1, 0.15) is 63.2 Å². The summed E-state index contributed by atoms with van der Waals surface area (Å²) >= 11 is 5.81. The summed E-state index contributed by atoms with van der Waals surface area (Å²) in [4.78, 5) is 12.0. The molecule has 1 aromatic rings. The summed E-state index contributed by atoms with van der Waals surface area (Å²) in [5.74, 6) is 0.685. The lowest BCUT2D eigenvalue weighted by Gasteiger charge is -2.18. The van der Waals surface area contributed by atoms with Gasteiger partial charge in [-0.25, -0.2) is 0 Å². The summed E-state index contributed by atoms with van der Waals surface area (Å²) in [6.07, 6.45) is 4.33. The molecule has 1 rings (SSSR count). The van der Waals surface area contributed by atoms with Gasteiger partial charge in [-0.05, 0) is 56.9 Å². The van der Waals surface area contributed by atoms with Gasteiger partial charge < -0.3 is 5.11 Å². The van der Waals surface area contributed by atoms with Gasteiger partial charge in [0.05, 0.1) is 5.60 Å². The lowest BCUT2D eigenvalue weighted by molar-refractivity contribution is 0.0667. The lowest BCUT2D eigenvalue weighted by Crippen LogP contribution is -2.18. The fourth-order valence-electron chi connectivity index (χ4n) is 2.19. The molecule has 0 saturated carbocycles. The van der Waals surface area contributed by atoms with Gasteiger partial charge in [-0.2, -0.15) is 0 Å². The molecule has 1 atom stereocenters. The van der Waals surface area contributed by atoms with E-state index in [0.29, 0.717) is 17.4 Å². The molecule has 0 fully saturated rings. The Balaban J connectivity index is 2.28. The number of hydrogen-bond donors (Lipinski definition) is 1. The third kappa shape index (κ3) is 7.06. The number of benzene rings is 1. The van der Waals surface area contributed by atoms with E-state index >= 15 is 0 Å². The average Bonchev–Trinajstić information content (AvgIpc) is 2.35. The van der Waals surface area contributed by atoms with Crippen LogP contribution in [0.15, 0.2) is 24.3 Å². The fraction of sp³-hybridized carbons (Fsp3) is 0.588. The third-order valence-electron chi connectivity index (χ3n) is 3.52.